The Hall–Kier alpha value is -3.30. The Kier molecular flexibility index (Phi) is 3.93. The van der Waals surface area contributed by atoms with E-state index in [4.69, 9.17) is 25.9 Å². The van der Waals surface area contributed by atoms with Crippen molar-refractivity contribution >= 4 is 33.7 Å². The Morgan fingerprint density at radius 1 is 1.06 bits per heavy atom. The van der Waals surface area contributed by atoms with Gasteiger partial charge in [-0.2, -0.15) is 0 Å². The second-order valence-corrected chi connectivity index (χ2v) is 10.4. The van der Waals surface area contributed by atoms with Gasteiger partial charge in [-0.05, 0) is 69.4 Å². The van der Waals surface area contributed by atoms with Crippen LogP contribution in [0.3, 0.4) is 0 Å². The van der Waals surface area contributed by atoms with Crippen LogP contribution in [0.1, 0.15) is 38.4 Å². The van der Waals surface area contributed by atoms with Gasteiger partial charge in [-0.25, -0.2) is 19.9 Å². The fraction of sp³-hybridized carbons (Fsp3) is 0.440. The molecule has 0 amide bonds. The Bertz CT molecular complexity index is 1450. The summed E-state index contributed by atoms with van der Waals surface area (Å²) in [7, 11) is 0. The van der Waals surface area contributed by atoms with Gasteiger partial charge in [0.15, 0.2) is 11.4 Å². The molecule has 0 spiro atoms. The lowest BCUT2D eigenvalue weighted by molar-refractivity contribution is -0.161. The summed E-state index contributed by atoms with van der Waals surface area (Å²) in [6.07, 6.45) is 6.52. The van der Waals surface area contributed by atoms with E-state index in [1.807, 2.05) is 26.0 Å². The molecule has 9 heteroatoms. The first-order valence-electron chi connectivity index (χ1n) is 11.8. The summed E-state index contributed by atoms with van der Waals surface area (Å²) in [5.41, 5.74) is 14.6. The number of nitrogens with two attached hydrogens (primary N) is 2. The third kappa shape index (κ3) is 2.80. The molecular formula is C25H27N7O2. The number of nitrogen functional groups attached to an aromatic ring is 2. The van der Waals surface area contributed by atoms with E-state index in [1.165, 1.54) is 6.33 Å². The predicted octanol–water partition coefficient (Wildman–Crippen LogP) is 3.25. The minimum atomic E-state index is -0.617. The number of pyridine rings is 2. The molecule has 4 aromatic rings. The van der Waals surface area contributed by atoms with Gasteiger partial charge in [-0.3, -0.25) is 0 Å². The SMILES string of the molecule is CC1(C)O[C@H]2[C@H](n3ccc4c(N)ncnc43)[C@H]3C[C@@]3(CCc3ccc4ccc(N)nc4n3)[C@H]2O1. The van der Waals surface area contributed by atoms with Gasteiger partial charge >= 0.3 is 0 Å². The van der Waals surface area contributed by atoms with E-state index < -0.39 is 5.79 Å². The monoisotopic (exact) mass is 457 g/mol. The number of anilines is 2. The molecule has 3 aliphatic rings. The summed E-state index contributed by atoms with van der Waals surface area (Å²) in [5, 5.41) is 1.87. The second kappa shape index (κ2) is 6.64. The van der Waals surface area contributed by atoms with Crippen LogP contribution < -0.4 is 11.5 Å². The fourth-order valence-electron chi connectivity index (χ4n) is 6.42. The average Bonchev–Trinajstić information content (AvgIpc) is 3.05. The standard InChI is InChI=1S/C25H27N7O2/c1-24(2)33-19-18(32-10-8-15-21(27)28-12-29-23(15)32)16-11-25(16,20(19)34-24)9-7-14-5-3-13-4-6-17(26)31-22(13)30-14/h3-6,8,10,12,16,18-20H,7,9,11H2,1-2H3,(H2,26,30,31)(H2,27,28,29)/t16-,18-,19+,20+,25-/m1/s1. The molecule has 34 heavy (non-hydrogen) atoms. The smallest absolute Gasteiger partial charge is 0.163 e. The van der Waals surface area contributed by atoms with Gasteiger partial charge in [0.2, 0.25) is 0 Å². The molecule has 5 heterocycles. The van der Waals surface area contributed by atoms with Crippen molar-refractivity contribution in [2.24, 2.45) is 11.3 Å². The van der Waals surface area contributed by atoms with E-state index in [0.717, 1.165) is 41.4 Å². The number of fused-ring (bicyclic) bond motifs is 5. The number of ether oxygens (including phenoxy) is 2. The van der Waals surface area contributed by atoms with Gasteiger partial charge in [-0.15, -0.1) is 0 Å². The van der Waals surface area contributed by atoms with Crippen LogP contribution in [0.4, 0.5) is 11.6 Å². The molecule has 2 saturated carbocycles. The molecule has 0 unspecified atom stereocenters. The van der Waals surface area contributed by atoms with E-state index >= 15 is 0 Å². The molecular weight excluding hydrogens is 430 g/mol. The van der Waals surface area contributed by atoms with Gasteiger partial charge in [0, 0.05) is 22.7 Å². The van der Waals surface area contributed by atoms with Crippen LogP contribution in [-0.2, 0) is 15.9 Å². The Morgan fingerprint density at radius 3 is 2.79 bits per heavy atom. The van der Waals surface area contributed by atoms with Crippen molar-refractivity contribution in [2.75, 3.05) is 11.5 Å². The van der Waals surface area contributed by atoms with Crippen LogP contribution in [0, 0.1) is 11.3 Å². The van der Waals surface area contributed by atoms with Crippen LogP contribution in [0.5, 0.6) is 0 Å². The summed E-state index contributed by atoms with van der Waals surface area (Å²) < 4.78 is 15.2. The van der Waals surface area contributed by atoms with Crippen molar-refractivity contribution < 1.29 is 9.47 Å². The lowest BCUT2D eigenvalue weighted by Crippen LogP contribution is -2.32. The third-order valence-electron chi connectivity index (χ3n) is 7.96. The van der Waals surface area contributed by atoms with Crippen LogP contribution in [-0.4, -0.2) is 42.5 Å². The molecule has 1 saturated heterocycles. The number of hydrogen-bond donors (Lipinski definition) is 2. The van der Waals surface area contributed by atoms with E-state index in [9.17, 15) is 0 Å². The van der Waals surface area contributed by atoms with Gasteiger partial charge < -0.3 is 25.5 Å². The van der Waals surface area contributed by atoms with E-state index in [0.29, 0.717) is 23.2 Å². The van der Waals surface area contributed by atoms with Crippen molar-refractivity contribution in [3.05, 3.63) is 48.5 Å². The van der Waals surface area contributed by atoms with Crippen molar-refractivity contribution in [3.8, 4) is 0 Å². The number of nitrogens with zero attached hydrogens (tertiary/aromatic N) is 5. The minimum Gasteiger partial charge on any atom is -0.384 e. The number of aromatic nitrogens is 5. The second-order valence-electron chi connectivity index (χ2n) is 10.4. The topological polar surface area (TPSA) is 127 Å². The quantitative estimate of drug-likeness (QED) is 0.478. The van der Waals surface area contributed by atoms with E-state index in [-0.39, 0.29) is 23.7 Å². The number of aryl methyl sites for hydroxylation is 1. The molecule has 0 radical (unpaired) electrons. The maximum Gasteiger partial charge on any atom is 0.163 e. The molecule has 4 aromatic heterocycles. The molecule has 0 aromatic carbocycles. The highest BCUT2D eigenvalue weighted by Gasteiger charge is 2.75. The highest BCUT2D eigenvalue weighted by Crippen LogP contribution is 2.73. The molecule has 5 atom stereocenters. The lowest BCUT2D eigenvalue weighted by Gasteiger charge is -2.24. The van der Waals surface area contributed by atoms with Crippen molar-refractivity contribution in [1.29, 1.82) is 0 Å². The molecule has 4 N–H and O–H groups in total. The van der Waals surface area contributed by atoms with Crippen molar-refractivity contribution in [1.82, 2.24) is 24.5 Å². The largest absolute Gasteiger partial charge is 0.384 e. The average molecular weight is 458 g/mol. The highest BCUT2D eigenvalue weighted by molar-refractivity contribution is 5.86. The maximum absolute atomic E-state index is 6.53. The molecule has 7 rings (SSSR count). The molecule has 1 aliphatic heterocycles. The molecule has 9 nitrogen and oxygen atoms in total. The summed E-state index contributed by atoms with van der Waals surface area (Å²) in [6, 6.07) is 10.1. The number of rotatable bonds is 4. The third-order valence-corrected chi connectivity index (χ3v) is 7.96. The van der Waals surface area contributed by atoms with E-state index in [2.05, 4.69) is 37.8 Å². The highest BCUT2D eigenvalue weighted by atomic mass is 16.8. The normalized spacial score (nSPS) is 31.1. The Labute approximate surface area is 196 Å². The fourth-order valence-corrected chi connectivity index (χ4v) is 6.42. The first-order valence-corrected chi connectivity index (χ1v) is 11.8. The van der Waals surface area contributed by atoms with Gasteiger partial charge in [0.05, 0.1) is 17.5 Å². The zero-order valence-corrected chi connectivity index (χ0v) is 19.2. The van der Waals surface area contributed by atoms with Crippen molar-refractivity contribution in [3.63, 3.8) is 0 Å². The molecule has 0 bridgehead atoms. The van der Waals surface area contributed by atoms with Crippen LogP contribution in [0.15, 0.2) is 42.9 Å². The van der Waals surface area contributed by atoms with E-state index in [1.54, 1.807) is 6.07 Å². The van der Waals surface area contributed by atoms with Gasteiger partial charge in [0.25, 0.3) is 0 Å². The molecule has 174 valence electrons. The number of hydrogen-bond acceptors (Lipinski definition) is 8. The summed E-state index contributed by atoms with van der Waals surface area (Å²) in [6.45, 7) is 4.00. The maximum atomic E-state index is 6.53. The zero-order chi connectivity index (χ0) is 23.2. The van der Waals surface area contributed by atoms with Crippen LogP contribution in [0.25, 0.3) is 22.1 Å². The summed E-state index contributed by atoms with van der Waals surface area (Å²) in [5.74, 6) is 0.815. The first-order chi connectivity index (χ1) is 16.3. The van der Waals surface area contributed by atoms with Crippen LogP contribution >= 0.6 is 0 Å². The Balaban J connectivity index is 1.22. The first kappa shape index (κ1) is 20.1. The van der Waals surface area contributed by atoms with Gasteiger partial charge in [-0.1, -0.05) is 0 Å². The summed E-state index contributed by atoms with van der Waals surface area (Å²) in [4.78, 5) is 17.9. The minimum absolute atomic E-state index is 0.0309. The Morgan fingerprint density at radius 2 is 1.91 bits per heavy atom. The van der Waals surface area contributed by atoms with Crippen molar-refractivity contribution in [2.45, 2.75) is 57.1 Å². The molecule has 2 aliphatic carbocycles. The molecule has 3 fully saturated rings. The van der Waals surface area contributed by atoms with Gasteiger partial charge in [0.1, 0.15) is 29.7 Å². The lowest BCUT2D eigenvalue weighted by atomic mass is 9.92. The van der Waals surface area contributed by atoms with Crippen LogP contribution in [0.2, 0.25) is 0 Å². The predicted molar refractivity (Wildman–Crippen MR) is 128 cm³/mol. The zero-order valence-electron chi connectivity index (χ0n) is 19.2. The summed E-state index contributed by atoms with van der Waals surface area (Å²) >= 11 is 0.